The lowest BCUT2D eigenvalue weighted by molar-refractivity contribution is 0.191. The summed E-state index contributed by atoms with van der Waals surface area (Å²) in [5.41, 5.74) is 1.93. The zero-order valence-electron chi connectivity index (χ0n) is 11.2. The van der Waals surface area contributed by atoms with E-state index in [9.17, 15) is 0 Å². The Bertz CT molecular complexity index is 704. The van der Waals surface area contributed by atoms with E-state index in [2.05, 4.69) is 9.55 Å². The summed E-state index contributed by atoms with van der Waals surface area (Å²) in [6.07, 6.45) is 2.56. The number of hydrogen-bond donors (Lipinski definition) is 0. The Morgan fingerprint density at radius 3 is 3.00 bits per heavy atom. The predicted molar refractivity (Wildman–Crippen MR) is 78.9 cm³/mol. The highest BCUT2D eigenvalue weighted by atomic mass is 35.5. The highest BCUT2D eigenvalue weighted by Crippen LogP contribution is 2.27. The number of halogens is 1. The van der Waals surface area contributed by atoms with Crippen molar-refractivity contribution in [2.45, 2.75) is 13.0 Å². The van der Waals surface area contributed by atoms with E-state index < -0.39 is 0 Å². The fourth-order valence-electron chi connectivity index (χ4n) is 2.28. The van der Waals surface area contributed by atoms with Gasteiger partial charge >= 0.3 is 0 Å². The normalized spacial score (nSPS) is 11.3. The van der Waals surface area contributed by atoms with Crippen molar-refractivity contribution < 1.29 is 9.15 Å². The highest BCUT2D eigenvalue weighted by Gasteiger charge is 2.14. The molecule has 0 atom stereocenters. The summed E-state index contributed by atoms with van der Waals surface area (Å²) in [5.74, 6) is 1.58. The van der Waals surface area contributed by atoms with Gasteiger partial charge in [0.05, 0.1) is 17.3 Å². The summed E-state index contributed by atoms with van der Waals surface area (Å²) in [4.78, 5) is 4.64. The van der Waals surface area contributed by atoms with Crippen LogP contribution in [0.15, 0.2) is 41.0 Å². The number of rotatable bonds is 5. The Kier molecular flexibility index (Phi) is 3.76. The van der Waals surface area contributed by atoms with E-state index >= 15 is 0 Å². The SMILES string of the molecule is COCCCn1c(-c2ccco2)nc2ccc(Cl)cc21. The number of aryl methyl sites for hydroxylation is 1. The first-order valence-corrected chi connectivity index (χ1v) is 6.86. The molecule has 3 rings (SSSR count). The molecule has 20 heavy (non-hydrogen) atoms. The van der Waals surface area contributed by atoms with Gasteiger partial charge in [0.25, 0.3) is 0 Å². The number of fused-ring (bicyclic) bond motifs is 1. The van der Waals surface area contributed by atoms with Gasteiger partial charge in [0.15, 0.2) is 11.6 Å². The quantitative estimate of drug-likeness (QED) is 0.667. The molecule has 3 aromatic rings. The molecule has 2 aromatic heterocycles. The van der Waals surface area contributed by atoms with Crippen LogP contribution in [0, 0.1) is 0 Å². The van der Waals surface area contributed by atoms with Crippen LogP contribution in [0.25, 0.3) is 22.6 Å². The zero-order valence-corrected chi connectivity index (χ0v) is 11.9. The summed E-state index contributed by atoms with van der Waals surface area (Å²) < 4.78 is 12.7. The van der Waals surface area contributed by atoms with Crippen molar-refractivity contribution in [2.24, 2.45) is 0 Å². The van der Waals surface area contributed by atoms with Crippen LogP contribution >= 0.6 is 11.6 Å². The number of furan rings is 1. The summed E-state index contributed by atoms with van der Waals surface area (Å²) in [7, 11) is 1.70. The first-order chi connectivity index (χ1) is 9.79. The molecule has 0 spiro atoms. The minimum absolute atomic E-state index is 0.705. The maximum atomic E-state index is 6.10. The van der Waals surface area contributed by atoms with Crippen molar-refractivity contribution in [1.82, 2.24) is 9.55 Å². The molecule has 104 valence electrons. The molecule has 1 aromatic carbocycles. The van der Waals surface area contributed by atoms with Gasteiger partial charge in [-0.25, -0.2) is 4.98 Å². The molecular weight excluding hydrogens is 276 g/mol. The highest BCUT2D eigenvalue weighted by molar-refractivity contribution is 6.31. The molecule has 4 nitrogen and oxygen atoms in total. The van der Waals surface area contributed by atoms with Gasteiger partial charge in [-0.1, -0.05) is 11.6 Å². The molecule has 0 aliphatic carbocycles. The lowest BCUT2D eigenvalue weighted by Gasteiger charge is -2.07. The van der Waals surface area contributed by atoms with Gasteiger partial charge in [0, 0.05) is 25.3 Å². The third kappa shape index (κ3) is 2.44. The minimum atomic E-state index is 0.705. The number of hydrogen-bond acceptors (Lipinski definition) is 3. The van der Waals surface area contributed by atoms with Crippen LogP contribution in [0.4, 0.5) is 0 Å². The van der Waals surface area contributed by atoms with Crippen molar-refractivity contribution in [3.05, 3.63) is 41.6 Å². The van der Waals surface area contributed by atoms with Crippen LogP contribution in [0.3, 0.4) is 0 Å². The number of ether oxygens (including phenoxy) is 1. The number of imidazole rings is 1. The first kappa shape index (κ1) is 13.2. The maximum absolute atomic E-state index is 6.10. The van der Waals surface area contributed by atoms with Gasteiger partial charge in [-0.05, 0) is 36.8 Å². The molecule has 0 radical (unpaired) electrons. The van der Waals surface area contributed by atoms with E-state index in [1.165, 1.54) is 0 Å². The first-order valence-electron chi connectivity index (χ1n) is 6.48. The largest absolute Gasteiger partial charge is 0.461 e. The second kappa shape index (κ2) is 5.69. The van der Waals surface area contributed by atoms with E-state index in [-0.39, 0.29) is 0 Å². The lowest BCUT2D eigenvalue weighted by Crippen LogP contribution is -2.03. The number of benzene rings is 1. The molecule has 0 aliphatic heterocycles. The van der Waals surface area contributed by atoms with Crippen LogP contribution in [-0.4, -0.2) is 23.3 Å². The Morgan fingerprint density at radius 2 is 2.25 bits per heavy atom. The summed E-state index contributed by atoms with van der Waals surface area (Å²) in [6, 6.07) is 9.49. The van der Waals surface area contributed by atoms with Crippen LogP contribution in [-0.2, 0) is 11.3 Å². The molecule has 0 aliphatic rings. The third-order valence-corrected chi connectivity index (χ3v) is 3.42. The molecule has 0 bridgehead atoms. The van der Waals surface area contributed by atoms with E-state index in [0.717, 1.165) is 35.6 Å². The predicted octanol–water partition coefficient (Wildman–Crippen LogP) is 3.99. The van der Waals surface area contributed by atoms with Crippen molar-refractivity contribution in [2.75, 3.05) is 13.7 Å². The van der Waals surface area contributed by atoms with Crippen LogP contribution in [0.2, 0.25) is 5.02 Å². The average molecular weight is 291 g/mol. The Hall–Kier alpha value is -1.78. The second-order valence-corrected chi connectivity index (χ2v) is 4.98. The number of methoxy groups -OCH3 is 1. The minimum Gasteiger partial charge on any atom is -0.461 e. The standard InChI is InChI=1S/C15H15ClN2O2/c1-19-8-3-7-18-13-10-11(16)5-6-12(13)17-15(18)14-4-2-9-20-14/h2,4-6,9-10H,3,7-8H2,1H3. The van der Waals surface area contributed by atoms with Gasteiger partial charge in [-0.2, -0.15) is 0 Å². The third-order valence-electron chi connectivity index (χ3n) is 3.18. The monoisotopic (exact) mass is 290 g/mol. The Morgan fingerprint density at radius 1 is 1.35 bits per heavy atom. The van der Waals surface area contributed by atoms with E-state index in [1.54, 1.807) is 13.4 Å². The van der Waals surface area contributed by atoms with Crippen LogP contribution in [0.5, 0.6) is 0 Å². The van der Waals surface area contributed by atoms with E-state index in [0.29, 0.717) is 11.6 Å². The second-order valence-electron chi connectivity index (χ2n) is 4.54. The van der Waals surface area contributed by atoms with Gasteiger partial charge in [-0.3, -0.25) is 0 Å². The van der Waals surface area contributed by atoms with Crippen molar-refractivity contribution in [3.8, 4) is 11.6 Å². The summed E-state index contributed by atoms with van der Waals surface area (Å²) >= 11 is 6.10. The van der Waals surface area contributed by atoms with E-state index in [4.69, 9.17) is 20.8 Å². The van der Waals surface area contributed by atoms with Crippen molar-refractivity contribution in [3.63, 3.8) is 0 Å². The number of nitrogens with zero attached hydrogens (tertiary/aromatic N) is 2. The molecule has 0 saturated carbocycles. The summed E-state index contributed by atoms with van der Waals surface area (Å²) in [5, 5.41) is 0.705. The Labute approximate surface area is 121 Å². The molecule has 0 amide bonds. The Balaban J connectivity index is 2.10. The maximum Gasteiger partial charge on any atom is 0.177 e. The van der Waals surface area contributed by atoms with Gasteiger partial charge in [0.2, 0.25) is 0 Å². The van der Waals surface area contributed by atoms with Crippen LogP contribution < -0.4 is 0 Å². The lowest BCUT2D eigenvalue weighted by atomic mass is 10.3. The van der Waals surface area contributed by atoms with Gasteiger partial charge in [0.1, 0.15) is 0 Å². The molecule has 2 heterocycles. The van der Waals surface area contributed by atoms with E-state index in [1.807, 2.05) is 30.3 Å². The number of aromatic nitrogens is 2. The van der Waals surface area contributed by atoms with Crippen molar-refractivity contribution >= 4 is 22.6 Å². The topological polar surface area (TPSA) is 40.2 Å². The molecule has 0 fully saturated rings. The zero-order chi connectivity index (χ0) is 13.9. The molecule has 0 unspecified atom stereocenters. The fourth-order valence-corrected chi connectivity index (χ4v) is 2.45. The molecular formula is C15H15ClN2O2. The molecule has 0 N–H and O–H groups in total. The molecule has 0 saturated heterocycles. The smallest absolute Gasteiger partial charge is 0.177 e. The van der Waals surface area contributed by atoms with Crippen LogP contribution in [0.1, 0.15) is 6.42 Å². The fraction of sp³-hybridized carbons (Fsp3) is 0.267. The average Bonchev–Trinajstić information content (AvgIpc) is 3.07. The van der Waals surface area contributed by atoms with Gasteiger partial charge < -0.3 is 13.7 Å². The van der Waals surface area contributed by atoms with Crippen molar-refractivity contribution in [1.29, 1.82) is 0 Å². The summed E-state index contributed by atoms with van der Waals surface area (Å²) in [6.45, 7) is 1.51. The van der Waals surface area contributed by atoms with Gasteiger partial charge in [-0.15, -0.1) is 0 Å². The molecule has 5 heteroatoms.